The molecule has 1 aromatic carbocycles. The molecule has 0 unspecified atom stereocenters. The normalized spacial score (nSPS) is 10.6. The molecule has 1 aromatic heterocycles. The van der Waals surface area contributed by atoms with Crippen LogP contribution in [0, 0.1) is 0 Å². The fourth-order valence-corrected chi connectivity index (χ4v) is 2.49. The van der Waals surface area contributed by atoms with E-state index >= 15 is 0 Å². The van der Waals surface area contributed by atoms with Crippen LogP contribution in [0.1, 0.15) is 23.7 Å². The summed E-state index contributed by atoms with van der Waals surface area (Å²) in [5, 5.41) is 1.03. The summed E-state index contributed by atoms with van der Waals surface area (Å²) in [6.07, 6.45) is 2.84. The highest BCUT2D eigenvalue weighted by Crippen LogP contribution is 2.18. The van der Waals surface area contributed by atoms with Crippen molar-refractivity contribution < 1.29 is 4.79 Å². The maximum absolute atomic E-state index is 12.1. The van der Waals surface area contributed by atoms with E-state index in [0.29, 0.717) is 5.75 Å². The Morgan fingerprint density at radius 1 is 1.29 bits per heavy atom. The van der Waals surface area contributed by atoms with Crippen LogP contribution in [0.4, 0.5) is 0 Å². The molecule has 2 nitrogen and oxygen atoms in total. The van der Waals surface area contributed by atoms with Gasteiger partial charge in [0.2, 0.25) is 0 Å². The topological polar surface area (TPSA) is 30.0 Å². The van der Waals surface area contributed by atoms with Gasteiger partial charge in [-0.1, -0.05) is 25.1 Å². The molecule has 0 saturated heterocycles. The van der Waals surface area contributed by atoms with E-state index in [0.717, 1.165) is 28.6 Å². The second-order valence-electron chi connectivity index (χ2n) is 3.86. The van der Waals surface area contributed by atoms with Gasteiger partial charge < -0.3 is 0 Å². The zero-order chi connectivity index (χ0) is 12.1. The number of hydrogen-bond acceptors (Lipinski definition) is 3. The monoisotopic (exact) mass is 245 g/mol. The standard InChI is InChI=1S/C14H15NOS/c1-2-9-17-10-13(16)12-7-3-5-11-6-4-8-15-14(11)12/h3-8H,2,9-10H2,1H3. The number of fused-ring (bicyclic) bond motifs is 1. The molecule has 0 saturated carbocycles. The Labute approximate surface area is 105 Å². The van der Waals surface area contributed by atoms with Crippen molar-refractivity contribution in [2.75, 3.05) is 11.5 Å². The van der Waals surface area contributed by atoms with E-state index in [1.807, 2.05) is 30.3 Å². The first kappa shape index (κ1) is 12.1. The van der Waals surface area contributed by atoms with Crippen LogP contribution in [0.3, 0.4) is 0 Å². The van der Waals surface area contributed by atoms with Gasteiger partial charge in [0.05, 0.1) is 11.3 Å². The number of benzene rings is 1. The summed E-state index contributed by atoms with van der Waals surface area (Å²) in [5.41, 5.74) is 1.56. The number of ketones is 1. The number of rotatable bonds is 5. The van der Waals surface area contributed by atoms with Crippen molar-refractivity contribution in [3.05, 3.63) is 42.1 Å². The highest BCUT2D eigenvalue weighted by atomic mass is 32.2. The number of Topliss-reactive ketones (excluding diaryl/α,β-unsaturated/α-hetero) is 1. The van der Waals surface area contributed by atoms with Crippen molar-refractivity contribution in [1.29, 1.82) is 0 Å². The van der Waals surface area contributed by atoms with Crippen LogP contribution in [0.25, 0.3) is 10.9 Å². The van der Waals surface area contributed by atoms with Gasteiger partial charge >= 0.3 is 0 Å². The SMILES string of the molecule is CCCSCC(=O)c1cccc2cccnc12. The van der Waals surface area contributed by atoms with Gasteiger partial charge in [-0.2, -0.15) is 11.8 Å². The maximum Gasteiger partial charge on any atom is 0.174 e. The van der Waals surface area contributed by atoms with E-state index in [4.69, 9.17) is 0 Å². The Bertz CT molecular complexity index is 519. The van der Waals surface area contributed by atoms with Gasteiger partial charge in [0.25, 0.3) is 0 Å². The third kappa shape index (κ3) is 2.86. The van der Waals surface area contributed by atoms with Gasteiger partial charge in [-0.25, -0.2) is 0 Å². The van der Waals surface area contributed by atoms with Crippen molar-refractivity contribution in [2.24, 2.45) is 0 Å². The van der Waals surface area contributed by atoms with Crippen molar-refractivity contribution in [2.45, 2.75) is 13.3 Å². The lowest BCUT2D eigenvalue weighted by atomic mass is 10.1. The lowest BCUT2D eigenvalue weighted by molar-refractivity contribution is 0.102. The summed E-state index contributed by atoms with van der Waals surface area (Å²) < 4.78 is 0. The van der Waals surface area contributed by atoms with Gasteiger partial charge in [-0.3, -0.25) is 9.78 Å². The Morgan fingerprint density at radius 2 is 2.12 bits per heavy atom. The zero-order valence-electron chi connectivity index (χ0n) is 9.85. The van der Waals surface area contributed by atoms with Crippen molar-refractivity contribution in [3.63, 3.8) is 0 Å². The first-order valence-electron chi connectivity index (χ1n) is 5.77. The average molecular weight is 245 g/mol. The first-order chi connectivity index (χ1) is 8.33. The average Bonchev–Trinajstić information content (AvgIpc) is 2.38. The Morgan fingerprint density at radius 3 is 2.94 bits per heavy atom. The van der Waals surface area contributed by atoms with Crippen LogP contribution in [0.15, 0.2) is 36.5 Å². The van der Waals surface area contributed by atoms with Crippen molar-refractivity contribution in [3.8, 4) is 0 Å². The molecule has 0 aliphatic heterocycles. The number of nitrogens with zero attached hydrogens (tertiary/aromatic N) is 1. The quantitative estimate of drug-likeness (QED) is 0.596. The molecule has 3 heteroatoms. The minimum atomic E-state index is 0.174. The van der Waals surface area contributed by atoms with E-state index in [1.54, 1.807) is 18.0 Å². The van der Waals surface area contributed by atoms with Crippen molar-refractivity contribution in [1.82, 2.24) is 4.98 Å². The molecule has 2 rings (SSSR count). The van der Waals surface area contributed by atoms with Crippen LogP contribution in [0.2, 0.25) is 0 Å². The molecule has 0 N–H and O–H groups in total. The molecule has 88 valence electrons. The predicted octanol–water partition coefficient (Wildman–Crippen LogP) is 3.56. The van der Waals surface area contributed by atoms with Crippen LogP contribution in [-0.2, 0) is 0 Å². The fourth-order valence-electron chi connectivity index (χ4n) is 1.72. The van der Waals surface area contributed by atoms with Crippen LogP contribution in [-0.4, -0.2) is 22.3 Å². The highest BCUT2D eigenvalue weighted by molar-refractivity contribution is 7.99. The summed E-state index contributed by atoms with van der Waals surface area (Å²) in [6, 6.07) is 9.64. The largest absolute Gasteiger partial charge is 0.293 e. The third-order valence-corrected chi connectivity index (χ3v) is 3.68. The molecule has 0 bridgehead atoms. The van der Waals surface area contributed by atoms with E-state index in [-0.39, 0.29) is 5.78 Å². The molecule has 0 radical (unpaired) electrons. The maximum atomic E-state index is 12.1. The van der Waals surface area contributed by atoms with Gasteiger partial charge in [0, 0.05) is 17.1 Å². The Balaban J connectivity index is 2.26. The molecule has 0 aliphatic carbocycles. The second-order valence-corrected chi connectivity index (χ2v) is 4.96. The number of hydrogen-bond donors (Lipinski definition) is 0. The minimum Gasteiger partial charge on any atom is -0.293 e. The number of thioether (sulfide) groups is 1. The van der Waals surface area contributed by atoms with Gasteiger partial charge in [-0.05, 0) is 24.3 Å². The Hall–Kier alpha value is -1.35. The van der Waals surface area contributed by atoms with Crippen LogP contribution >= 0.6 is 11.8 Å². The molecule has 0 atom stereocenters. The molecule has 17 heavy (non-hydrogen) atoms. The lowest BCUT2D eigenvalue weighted by Gasteiger charge is -2.04. The van der Waals surface area contributed by atoms with Gasteiger partial charge in [0.15, 0.2) is 5.78 Å². The molecule has 0 fully saturated rings. The molecule has 1 heterocycles. The zero-order valence-corrected chi connectivity index (χ0v) is 10.7. The highest BCUT2D eigenvalue weighted by Gasteiger charge is 2.10. The van der Waals surface area contributed by atoms with Crippen molar-refractivity contribution >= 4 is 28.4 Å². The Kier molecular flexibility index (Phi) is 4.15. The number of aromatic nitrogens is 1. The summed E-state index contributed by atoms with van der Waals surface area (Å²) >= 11 is 1.69. The number of pyridine rings is 1. The summed E-state index contributed by atoms with van der Waals surface area (Å²) in [6.45, 7) is 2.12. The van der Waals surface area contributed by atoms with Gasteiger partial charge in [-0.15, -0.1) is 0 Å². The van der Waals surface area contributed by atoms with Crippen LogP contribution in [0.5, 0.6) is 0 Å². The molecule has 2 aromatic rings. The van der Waals surface area contributed by atoms with Gasteiger partial charge in [0.1, 0.15) is 0 Å². The number of carbonyl (C=O) groups excluding carboxylic acids is 1. The number of para-hydroxylation sites is 1. The van der Waals surface area contributed by atoms with E-state index in [9.17, 15) is 4.79 Å². The molecular weight excluding hydrogens is 230 g/mol. The minimum absolute atomic E-state index is 0.174. The number of carbonyl (C=O) groups is 1. The van der Waals surface area contributed by atoms with E-state index in [2.05, 4.69) is 11.9 Å². The predicted molar refractivity (Wildman–Crippen MR) is 73.7 cm³/mol. The van der Waals surface area contributed by atoms with E-state index < -0.39 is 0 Å². The second kappa shape index (κ2) is 5.82. The van der Waals surface area contributed by atoms with Crippen LogP contribution < -0.4 is 0 Å². The molecular formula is C14H15NOS. The first-order valence-corrected chi connectivity index (χ1v) is 6.93. The molecule has 0 spiro atoms. The summed E-state index contributed by atoms with van der Waals surface area (Å²) in [4.78, 5) is 16.4. The summed E-state index contributed by atoms with van der Waals surface area (Å²) in [5.74, 6) is 1.75. The smallest absolute Gasteiger partial charge is 0.174 e. The lowest BCUT2D eigenvalue weighted by Crippen LogP contribution is -2.04. The molecule has 0 amide bonds. The molecule has 0 aliphatic rings. The fraction of sp³-hybridized carbons (Fsp3) is 0.286. The summed E-state index contributed by atoms with van der Waals surface area (Å²) in [7, 11) is 0. The third-order valence-electron chi connectivity index (χ3n) is 2.51. The van der Waals surface area contributed by atoms with E-state index in [1.165, 1.54) is 0 Å².